The summed E-state index contributed by atoms with van der Waals surface area (Å²) in [5.74, 6) is 1.16. The van der Waals surface area contributed by atoms with Crippen molar-refractivity contribution in [2.45, 2.75) is 38.6 Å². The molecule has 2 heterocycles. The topological polar surface area (TPSA) is 31.9 Å². The van der Waals surface area contributed by atoms with Crippen LogP contribution in [-0.4, -0.2) is 28.0 Å². The van der Waals surface area contributed by atoms with Gasteiger partial charge in [0.15, 0.2) is 0 Å². The molecule has 1 atom stereocenters. The van der Waals surface area contributed by atoms with E-state index in [1.807, 2.05) is 0 Å². The number of para-hydroxylation sites is 2. The lowest BCUT2D eigenvalue weighted by molar-refractivity contribution is 0.143. The molecule has 3 rings (SSSR count). The van der Waals surface area contributed by atoms with Gasteiger partial charge in [0, 0.05) is 0 Å². The Morgan fingerprint density at radius 1 is 1.25 bits per heavy atom. The number of imidazole rings is 1. The van der Waals surface area contributed by atoms with Gasteiger partial charge in [-0.25, -0.2) is 4.98 Å². The van der Waals surface area contributed by atoms with Gasteiger partial charge in [-0.1, -0.05) is 25.5 Å². The smallest absolute Gasteiger partial charge is 0.124 e. The summed E-state index contributed by atoms with van der Waals surface area (Å²) < 4.78 is 0. The van der Waals surface area contributed by atoms with Gasteiger partial charge in [-0.05, 0) is 44.5 Å². The molecule has 0 bridgehead atoms. The lowest BCUT2D eigenvalue weighted by Crippen LogP contribution is -2.34. The normalized spacial score (nSPS) is 19.4. The van der Waals surface area contributed by atoms with Crippen LogP contribution in [0.15, 0.2) is 24.3 Å². The second kappa shape index (κ2) is 7.87. The zero-order valence-electron chi connectivity index (χ0n) is 11.8. The summed E-state index contributed by atoms with van der Waals surface area (Å²) in [4.78, 5) is 10.9. The van der Waals surface area contributed by atoms with Crippen LogP contribution >= 0.6 is 24.8 Å². The number of fused-ring (bicyclic) bond motifs is 1. The van der Waals surface area contributed by atoms with Gasteiger partial charge in [-0.2, -0.15) is 0 Å². The number of nitrogens with zero attached hydrogens (tertiary/aromatic N) is 2. The average Bonchev–Trinajstić information content (AvgIpc) is 2.83. The third kappa shape index (κ3) is 3.46. The SMILES string of the molecule is CCCN1CCCC[C@H]1c1nc2ccccc2[nH]1.Cl.Cl. The largest absolute Gasteiger partial charge is 0.341 e. The molecule has 20 heavy (non-hydrogen) atoms. The predicted molar refractivity (Wildman–Crippen MR) is 89.0 cm³/mol. The lowest BCUT2D eigenvalue weighted by Gasteiger charge is -2.34. The van der Waals surface area contributed by atoms with Gasteiger partial charge < -0.3 is 4.98 Å². The molecule has 0 spiro atoms. The van der Waals surface area contributed by atoms with E-state index in [9.17, 15) is 0 Å². The highest BCUT2D eigenvalue weighted by Crippen LogP contribution is 2.30. The Hall–Kier alpha value is -0.770. The van der Waals surface area contributed by atoms with Crippen LogP contribution in [0.2, 0.25) is 0 Å². The lowest BCUT2D eigenvalue weighted by atomic mass is 10.0. The number of aromatic amines is 1. The predicted octanol–water partition coefficient (Wildman–Crippen LogP) is 4.34. The first kappa shape index (κ1) is 17.3. The van der Waals surface area contributed by atoms with Crippen LogP contribution in [-0.2, 0) is 0 Å². The zero-order chi connectivity index (χ0) is 12.4. The number of hydrogen-bond acceptors (Lipinski definition) is 2. The van der Waals surface area contributed by atoms with Gasteiger partial charge in [0.2, 0.25) is 0 Å². The van der Waals surface area contributed by atoms with Crippen molar-refractivity contribution in [1.29, 1.82) is 0 Å². The third-order valence-corrected chi connectivity index (χ3v) is 3.85. The van der Waals surface area contributed by atoms with Crippen LogP contribution in [0, 0.1) is 0 Å². The van der Waals surface area contributed by atoms with Crippen LogP contribution in [0.1, 0.15) is 44.5 Å². The van der Waals surface area contributed by atoms with Gasteiger partial charge >= 0.3 is 0 Å². The van der Waals surface area contributed by atoms with Crippen LogP contribution in [0.25, 0.3) is 11.0 Å². The molecular weight excluding hydrogens is 293 g/mol. The molecule has 112 valence electrons. The molecule has 0 saturated carbocycles. The molecule has 5 heteroatoms. The minimum Gasteiger partial charge on any atom is -0.341 e. The first-order valence-electron chi connectivity index (χ1n) is 7.07. The maximum absolute atomic E-state index is 4.77. The highest BCUT2D eigenvalue weighted by Gasteiger charge is 2.25. The number of aromatic nitrogens is 2. The molecule has 1 fully saturated rings. The maximum Gasteiger partial charge on any atom is 0.124 e. The van der Waals surface area contributed by atoms with Crippen molar-refractivity contribution in [3.05, 3.63) is 30.1 Å². The van der Waals surface area contributed by atoms with Crippen LogP contribution in [0.4, 0.5) is 0 Å². The van der Waals surface area contributed by atoms with Crippen molar-refractivity contribution in [1.82, 2.24) is 14.9 Å². The third-order valence-electron chi connectivity index (χ3n) is 3.85. The van der Waals surface area contributed by atoms with E-state index in [1.54, 1.807) is 0 Å². The van der Waals surface area contributed by atoms with E-state index < -0.39 is 0 Å². The summed E-state index contributed by atoms with van der Waals surface area (Å²) in [6.07, 6.45) is 5.11. The minimum atomic E-state index is 0. The summed E-state index contributed by atoms with van der Waals surface area (Å²) in [6.45, 7) is 4.65. The number of nitrogens with one attached hydrogen (secondary N) is 1. The molecule has 1 aliphatic heterocycles. The molecule has 1 saturated heterocycles. The second-order valence-electron chi connectivity index (χ2n) is 5.19. The number of benzene rings is 1. The van der Waals surface area contributed by atoms with Gasteiger partial charge in [-0.3, -0.25) is 4.90 Å². The minimum absolute atomic E-state index is 0. The van der Waals surface area contributed by atoms with Crippen LogP contribution in [0.5, 0.6) is 0 Å². The first-order chi connectivity index (χ1) is 8.88. The molecular formula is C15H23Cl2N3. The fourth-order valence-corrected chi connectivity index (χ4v) is 2.99. The number of H-pyrrole nitrogens is 1. The number of rotatable bonds is 3. The summed E-state index contributed by atoms with van der Waals surface area (Å²) in [5, 5.41) is 0. The average molecular weight is 316 g/mol. The zero-order valence-corrected chi connectivity index (χ0v) is 13.5. The van der Waals surface area contributed by atoms with E-state index in [1.165, 1.54) is 38.8 Å². The van der Waals surface area contributed by atoms with Gasteiger partial charge in [0.25, 0.3) is 0 Å². The van der Waals surface area contributed by atoms with E-state index in [0.717, 1.165) is 16.9 Å². The quantitative estimate of drug-likeness (QED) is 0.913. The molecule has 0 radical (unpaired) electrons. The van der Waals surface area contributed by atoms with Crippen molar-refractivity contribution in [3.63, 3.8) is 0 Å². The summed E-state index contributed by atoms with van der Waals surface area (Å²) in [5.41, 5.74) is 2.25. The molecule has 0 unspecified atom stereocenters. The molecule has 3 nitrogen and oxygen atoms in total. The number of halogens is 2. The Balaban J connectivity index is 0.000001000. The highest BCUT2D eigenvalue weighted by molar-refractivity contribution is 5.85. The molecule has 0 amide bonds. The Morgan fingerprint density at radius 2 is 2.05 bits per heavy atom. The Morgan fingerprint density at radius 3 is 2.80 bits per heavy atom. The summed E-state index contributed by atoms with van der Waals surface area (Å²) in [7, 11) is 0. The van der Waals surface area contributed by atoms with Crippen molar-refractivity contribution < 1.29 is 0 Å². The molecule has 1 aliphatic rings. The molecule has 1 aromatic heterocycles. The monoisotopic (exact) mass is 315 g/mol. The highest BCUT2D eigenvalue weighted by atomic mass is 35.5. The molecule has 0 aliphatic carbocycles. The molecule has 2 aromatic rings. The van der Waals surface area contributed by atoms with E-state index in [-0.39, 0.29) is 24.8 Å². The van der Waals surface area contributed by atoms with Crippen molar-refractivity contribution in [2.75, 3.05) is 13.1 Å². The standard InChI is InChI=1S/C15H21N3.2ClH/c1-2-10-18-11-6-5-9-14(18)15-16-12-7-3-4-8-13(12)17-15;;/h3-4,7-8,14H,2,5-6,9-11H2,1H3,(H,16,17);2*1H/t14-;;/m0../s1. The van der Waals surface area contributed by atoms with Crippen LogP contribution < -0.4 is 0 Å². The number of hydrogen-bond donors (Lipinski definition) is 1. The van der Waals surface area contributed by atoms with Crippen molar-refractivity contribution >= 4 is 35.8 Å². The second-order valence-corrected chi connectivity index (χ2v) is 5.19. The first-order valence-corrected chi connectivity index (χ1v) is 7.07. The van der Waals surface area contributed by atoms with Gasteiger partial charge in [0.1, 0.15) is 5.82 Å². The fraction of sp³-hybridized carbons (Fsp3) is 0.533. The maximum atomic E-state index is 4.77. The van der Waals surface area contributed by atoms with E-state index in [2.05, 4.69) is 41.1 Å². The Bertz CT molecular complexity index is 492. The van der Waals surface area contributed by atoms with E-state index in [0.29, 0.717) is 6.04 Å². The summed E-state index contributed by atoms with van der Waals surface area (Å²) in [6, 6.07) is 8.81. The van der Waals surface area contributed by atoms with Crippen molar-refractivity contribution in [3.8, 4) is 0 Å². The number of likely N-dealkylation sites (tertiary alicyclic amines) is 1. The molecule has 1 N–H and O–H groups in total. The van der Waals surface area contributed by atoms with Crippen LogP contribution in [0.3, 0.4) is 0 Å². The van der Waals surface area contributed by atoms with E-state index >= 15 is 0 Å². The molecule has 1 aromatic carbocycles. The van der Waals surface area contributed by atoms with Crippen molar-refractivity contribution in [2.24, 2.45) is 0 Å². The van der Waals surface area contributed by atoms with Gasteiger partial charge in [-0.15, -0.1) is 24.8 Å². The Labute approximate surface area is 133 Å². The van der Waals surface area contributed by atoms with E-state index in [4.69, 9.17) is 4.98 Å². The summed E-state index contributed by atoms with van der Waals surface area (Å²) >= 11 is 0. The number of piperidine rings is 1. The fourth-order valence-electron chi connectivity index (χ4n) is 2.99. The Kier molecular flexibility index (Phi) is 6.80. The van der Waals surface area contributed by atoms with Gasteiger partial charge in [0.05, 0.1) is 17.1 Å².